The summed E-state index contributed by atoms with van der Waals surface area (Å²) in [6.07, 6.45) is 1.23. The van der Waals surface area contributed by atoms with E-state index in [9.17, 15) is 4.79 Å². The lowest BCUT2D eigenvalue weighted by Gasteiger charge is -2.22. The molecule has 0 aliphatic carbocycles. The van der Waals surface area contributed by atoms with Crippen LogP contribution in [0.1, 0.15) is 39.2 Å². The summed E-state index contributed by atoms with van der Waals surface area (Å²) < 4.78 is 1.04. The van der Waals surface area contributed by atoms with E-state index in [-0.39, 0.29) is 17.4 Å². The Balaban J connectivity index is 2.33. The van der Waals surface area contributed by atoms with Crippen LogP contribution in [0.15, 0.2) is 28.7 Å². The van der Waals surface area contributed by atoms with Gasteiger partial charge in [-0.15, -0.1) is 0 Å². The Labute approximate surface area is 124 Å². The number of nitrogens with one attached hydrogen (secondary N) is 1. The number of nitrogens with two attached hydrogens (primary N) is 1. The molecule has 4 heteroatoms. The van der Waals surface area contributed by atoms with Gasteiger partial charge < -0.3 is 11.1 Å². The van der Waals surface area contributed by atoms with E-state index in [0.29, 0.717) is 13.0 Å². The van der Waals surface area contributed by atoms with E-state index in [2.05, 4.69) is 42.0 Å². The van der Waals surface area contributed by atoms with Crippen LogP contribution in [0.5, 0.6) is 0 Å². The molecule has 0 bridgehead atoms. The molecule has 1 aromatic carbocycles. The molecule has 1 amide bonds. The van der Waals surface area contributed by atoms with Gasteiger partial charge in [-0.25, -0.2) is 0 Å². The number of carbonyl (C=O) groups is 1. The van der Waals surface area contributed by atoms with Gasteiger partial charge in [0.05, 0.1) is 0 Å². The Kier molecular flexibility index (Phi) is 6.01. The lowest BCUT2D eigenvalue weighted by Crippen LogP contribution is -2.33. The maximum atomic E-state index is 11.8. The third-order valence-electron chi connectivity index (χ3n) is 2.73. The number of halogens is 1. The van der Waals surface area contributed by atoms with Crippen molar-refractivity contribution in [2.45, 2.75) is 46.2 Å². The van der Waals surface area contributed by atoms with Gasteiger partial charge in [-0.05, 0) is 29.5 Å². The van der Waals surface area contributed by atoms with Crippen LogP contribution in [0, 0.1) is 5.41 Å². The van der Waals surface area contributed by atoms with Crippen LogP contribution in [0.2, 0.25) is 0 Å². The molecule has 0 saturated carbocycles. The standard InChI is InChI=1S/C15H23BrN2O/c1-15(2,3)9-13(17)8-14(19)18-10-11-4-6-12(16)7-5-11/h4-7,13H,8-10,17H2,1-3H3,(H,18,19). The first-order chi connectivity index (χ1) is 8.76. The number of hydrogen-bond donors (Lipinski definition) is 2. The highest BCUT2D eigenvalue weighted by atomic mass is 79.9. The summed E-state index contributed by atoms with van der Waals surface area (Å²) in [4.78, 5) is 11.8. The van der Waals surface area contributed by atoms with Crippen molar-refractivity contribution in [3.8, 4) is 0 Å². The number of carbonyl (C=O) groups excluding carboxylic acids is 1. The molecule has 0 spiro atoms. The average molecular weight is 327 g/mol. The smallest absolute Gasteiger partial charge is 0.221 e. The quantitative estimate of drug-likeness (QED) is 0.872. The number of amides is 1. The summed E-state index contributed by atoms with van der Waals surface area (Å²) in [5.41, 5.74) is 7.22. The average Bonchev–Trinajstić information content (AvgIpc) is 2.25. The Morgan fingerprint density at radius 2 is 1.89 bits per heavy atom. The van der Waals surface area contributed by atoms with E-state index in [0.717, 1.165) is 16.5 Å². The maximum Gasteiger partial charge on any atom is 0.221 e. The van der Waals surface area contributed by atoms with E-state index in [1.807, 2.05) is 24.3 Å². The molecular formula is C15H23BrN2O. The molecule has 1 rings (SSSR count). The van der Waals surface area contributed by atoms with Crippen molar-refractivity contribution in [1.29, 1.82) is 0 Å². The van der Waals surface area contributed by atoms with Crippen LogP contribution in [0.3, 0.4) is 0 Å². The van der Waals surface area contributed by atoms with Gasteiger partial charge in [0, 0.05) is 23.5 Å². The van der Waals surface area contributed by atoms with E-state index >= 15 is 0 Å². The van der Waals surface area contributed by atoms with E-state index in [1.54, 1.807) is 0 Å². The summed E-state index contributed by atoms with van der Waals surface area (Å²) in [5, 5.41) is 2.90. The van der Waals surface area contributed by atoms with Crippen LogP contribution in [0.25, 0.3) is 0 Å². The van der Waals surface area contributed by atoms with Gasteiger partial charge in [0.25, 0.3) is 0 Å². The Hall–Kier alpha value is -0.870. The van der Waals surface area contributed by atoms with E-state index < -0.39 is 0 Å². The summed E-state index contributed by atoms with van der Waals surface area (Å²) in [7, 11) is 0. The normalized spacial score (nSPS) is 13.1. The van der Waals surface area contributed by atoms with Crippen molar-refractivity contribution in [3.63, 3.8) is 0 Å². The molecule has 1 aromatic rings. The monoisotopic (exact) mass is 326 g/mol. The molecule has 3 nitrogen and oxygen atoms in total. The van der Waals surface area contributed by atoms with Crippen molar-refractivity contribution < 1.29 is 4.79 Å². The minimum absolute atomic E-state index is 0.0136. The summed E-state index contributed by atoms with van der Waals surface area (Å²) in [6.45, 7) is 6.94. The highest BCUT2D eigenvalue weighted by molar-refractivity contribution is 9.10. The second kappa shape index (κ2) is 7.06. The summed E-state index contributed by atoms with van der Waals surface area (Å²) >= 11 is 3.38. The van der Waals surface area contributed by atoms with Crippen LogP contribution in [0.4, 0.5) is 0 Å². The number of benzene rings is 1. The van der Waals surface area contributed by atoms with Crippen LogP contribution >= 0.6 is 15.9 Å². The number of hydrogen-bond acceptors (Lipinski definition) is 2. The van der Waals surface area contributed by atoms with Crippen molar-refractivity contribution in [2.24, 2.45) is 11.1 Å². The molecule has 19 heavy (non-hydrogen) atoms. The first-order valence-corrected chi connectivity index (χ1v) is 7.32. The fourth-order valence-corrected chi connectivity index (χ4v) is 2.24. The minimum atomic E-state index is -0.0788. The minimum Gasteiger partial charge on any atom is -0.352 e. The van der Waals surface area contributed by atoms with Crippen molar-refractivity contribution >= 4 is 21.8 Å². The third-order valence-corrected chi connectivity index (χ3v) is 3.25. The molecule has 0 aliphatic heterocycles. The fraction of sp³-hybridized carbons (Fsp3) is 0.533. The molecule has 0 fully saturated rings. The zero-order chi connectivity index (χ0) is 14.5. The van der Waals surface area contributed by atoms with Gasteiger partial charge in [-0.2, -0.15) is 0 Å². The van der Waals surface area contributed by atoms with Crippen molar-refractivity contribution in [1.82, 2.24) is 5.32 Å². The van der Waals surface area contributed by atoms with E-state index in [4.69, 9.17) is 5.73 Å². The van der Waals surface area contributed by atoms with Gasteiger partial charge in [-0.1, -0.05) is 48.8 Å². The lowest BCUT2D eigenvalue weighted by atomic mass is 9.87. The molecular weight excluding hydrogens is 304 g/mol. The topological polar surface area (TPSA) is 55.1 Å². The predicted octanol–water partition coefficient (Wildman–Crippen LogP) is 3.22. The molecule has 3 N–H and O–H groups in total. The number of rotatable bonds is 5. The second-order valence-electron chi connectivity index (χ2n) is 6.13. The van der Waals surface area contributed by atoms with Gasteiger partial charge >= 0.3 is 0 Å². The molecule has 1 atom stereocenters. The zero-order valence-corrected chi connectivity index (χ0v) is 13.5. The Morgan fingerprint density at radius 1 is 1.32 bits per heavy atom. The van der Waals surface area contributed by atoms with Gasteiger partial charge in [0.2, 0.25) is 5.91 Å². The van der Waals surface area contributed by atoms with Gasteiger partial charge in [0.15, 0.2) is 0 Å². The molecule has 0 aromatic heterocycles. The fourth-order valence-electron chi connectivity index (χ4n) is 1.97. The first-order valence-electron chi connectivity index (χ1n) is 6.53. The highest BCUT2D eigenvalue weighted by Gasteiger charge is 2.17. The summed E-state index contributed by atoms with van der Waals surface area (Å²) in [5.74, 6) is 0.0136. The second-order valence-corrected chi connectivity index (χ2v) is 7.05. The molecule has 0 heterocycles. The SMILES string of the molecule is CC(C)(C)CC(N)CC(=O)NCc1ccc(Br)cc1. The third kappa shape index (κ3) is 7.33. The predicted molar refractivity (Wildman–Crippen MR) is 82.7 cm³/mol. The Morgan fingerprint density at radius 3 is 2.42 bits per heavy atom. The lowest BCUT2D eigenvalue weighted by molar-refractivity contribution is -0.121. The Bertz CT molecular complexity index is 409. The maximum absolute atomic E-state index is 11.8. The molecule has 0 aliphatic rings. The van der Waals surface area contributed by atoms with Crippen molar-refractivity contribution in [3.05, 3.63) is 34.3 Å². The molecule has 1 unspecified atom stereocenters. The molecule has 0 saturated heterocycles. The summed E-state index contributed by atoms with van der Waals surface area (Å²) in [6, 6.07) is 7.82. The van der Waals surface area contributed by atoms with Gasteiger partial charge in [-0.3, -0.25) is 4.79 Å². The highest BCUT2D eigenvalue weighted by Crippen LogP contribution is 2.21. The molecule has 106 valence electrons. The van der Waals surface area contributed by atoms with Crippen LogP contribution < -0.4 is 11.1 Å². The van der Waals surface area contributed by atoms with Crippen molar-refractivity contribution in [2.75, 3.05) is 0 Å². The van der Waals surface area contributed by atoms with Crippen LogP contribution in [-0.2, 0) is 11.3 Å². The van der Waals surface area contributed by atoms with Gasteiger partial charge in [0.1, 0.15) is 0 Å². The zero-order valence-electron chi connectivity index (χ0n) is 11.9. The largest absolute Gasteiger partial charge is 0.352 e. The molecule has 0 radical (unpaired) electrons. The van der Waals surface area contributed by atoms with Crippen LogP contribution in [-0.4, -0.2) is 11.9 Å². The van der Waals surface area contributed by atoms with E-state index in [1.165, 1.54) is 0 Å². The first kappa shape index (κ1) is 16.2.